The lowest BCUT2D eigenvalue weighted by Gasteiger charge is -2.36. The predicted octanol–water partition coefficient (Wildman–Crippen LogP) is 3.64. The zero-order chi connectivity index (χ0) is 15.0. The molecular weight excluding hydrogens is 282 g/mol. The van der Waals surface area contributed by atoms with Gasteiger partial charge in [-0.05, 0) is 44.5 Å². The maximum Gasteiger partial charge on any atom is 0.111 e. The van der Waals surface area contributed by atoms with Crippen LogP contribution < -0.4 is 0 Å². The van der Waals surface area contributed by atoms with E-state index >= 15 is 0 Å². The molecule has 3 rings (SSSR count). The summed E-state index contributed by atoms with van der Waals surface area (Å²) in [6.07, 6.45) is 2.03. The van der Waals surface area contributed by atoms with Crippen LogP contribution in [0.25, 0.3) is 11.0 Å². The second-order valence-corrected chi connectivity index (χ2v) is 6.75. The first kappa shape index (κ1) is 14.9. The molecular formula is C17H24ClN3. The smallest absolute Gasteiger partial charge is 0.111 e. The fourth-order valence-electron chi connectivity index (χ4n) is 3.71. The van der Waals surface area contributed by atoms with Gasteiger partial charge in [-0.1, -0.05) is 19.1 Å². The molecule has 3 nitrogen and oxygen atoms in total. The number of hydrogen-bond acceptors (Lipinski definition) is 2. The number of rotatable bonds is 3. The first-order valence-corrected chi connectivity index (χ1v) is 8.36. The highest BCUT2D eigenvalue weighted by Crippen LogP contribution is 2.33. The summed E-state index contributed by atoms with van der Waals surface area (Å²) >= 11 is 6.01. The summed E-state index contributed by atoms with van der Waals surface area (Å²) in [6, 6.07) is 6.93. The van der Waals surface area contributed by atoms with E-state index in [1.807, 2.05) is 0 Å². The fourth-order valence-corrected chi connectivity index (χ4v) is 3.88. The summed E-state index contributed by atoms with van der Waals surface area (Å²) in [5.41, 5.74) is 3.73. The highest BCUT2D eigenvalue weighted by molar-refractivity contribution is 6.17. The summed E-state index contributed by atoms with van der Waals surface area (Å²) in [5.74, 6) is 2.41. The Morgan fingerprint density at radius 3 is 2.90 bits per heavy atom. The topological polar surface area (TPSA) is 21.1 Å². The van der Waals surface area contributed by atoms with Crippen molar-refractivity contribution in [2.45, 2.75) is 32.7 Å². The van der Waals surface area contributed by atoms with Crippen LogP contribution in [0.1, 0.15) is 30.8 Å². The lowest BCUT2D eigenvalue weighted by Crippen LogP contribution is -2.38. The Hall–Kier alpha value is -1.06. The number of imidazole rings is 1. The SMILES string of the molecule is Cc1cccc2nc(CCCl)n(C3CCN(C)CC3C)c12. The number of halogens is 1. The van der Waals surface area contributed by atoms with Gasteiger partial charge in [0.1, 0.15) is 5.82 Å². The second-order valence-electron chi connectivity index (χ2n) is 6.38. The van der Waals surface area contributed by atoms with Gasteiger partial charge in [0.2, 0.25) is 0 Å². The van der Waals surface area contributed by atoms with Crippen molar-refractivity contribution in [3.63, 3.8) is 0 Å². The molecule has 0 N–H and O–H groups in total. The second kappa shape index (κ2) is 5.98. The standard InChI is InChI=1S/C17H24ClN3/c1-12-5-4-6-14-17(12)21(16(19-14)7-9-18)15-8-10-20(3)11-13(15)2/h4-6,13,15H,7-11H2,1-3H3. The van der Waals surface area contributed by atoms with E-state index in [0.717, 1.165) is 30.9 Å². The zero-order valence-electron chi connectivity index (χ0n) is 13.1. The van der Waals surface area contributed by atoms with Crippen LogP contribution in [0.4, 0.5) is 0 Å². The van der Waals surface area contributed by atoms with Gasteiger partial charge in [-0.3, -0.25) is 0 Å². The molecule has 1 fully saturated rings. The molecule has 0 saturated carbocycles. The Kier molecular flexibility index (Phi) is 4.23. The molecule has 0 bridgehead atoms. The number of likely N-dealkylation sites (tertiary alicyclic amines) is 1. The van der Waals surface area contributed by atoms with Crippen LogP contribution in [0.5, 0.6) is 0 Å². The number of piperidine rings is 1. The molecule has 4 heteroatoms. The number of para-hydroxylation sites is 1. The van der Waals surface area contributed by atoms with Gasteiger partial charge >= 0.3 is 0 Å². The van der Waals surface area contributed by atoms with E-state index in [2.05, 4.69) is 48.6 Å². The third-order valence-electron chi connectivity index (χ3n) is 4.70. The predicted molar refractivity (Wildman–Crippen MR) is 89.2 cm³/mol. The van der Waals surface area contributed by atoms with Gasteiger partial charge in [0.25, 0.3) is 0 Å². The van der Waals surface area contributed by atoms with E-state index in [-0.39, 0.29) is 0 Å². The minimum atomic E-state index is 0.533. The Morgan fingerprint density at radius 1 is 1.38 bits per heavy atom. The highest BCUT2D eigenvalue weighted by Gasteiger charge is 2.29. The van der Waals surface area contributed by atoms with Crippen molar-refractivity contribution in [3.05, 3.63) is 29.6 Å². The van der Waals surface area contributed by atoms with Gasteiger partial charge in [0.05, 0.1) is 11.0 Å². The normalized spacial score (nSPS) is 23.8. The average molecular weight is 306 g/mol. The molecule has 114 valence electrons. The Balaban J connectivity index is 2.12. The molecule has 0 radical (unpaired) electrons. The lowest BCUT2D eigenvalue weighted by atomic mass is 9.93. The van der Waals surface area contributed by atoms with Crippen molar-refractivity contribution in [3.8, 4) is 0 Å². The number of aromatic nitrogens is 2. The van der Waals surface area contributed by atoms with Crippen molar-refractivity contribution in [1.29, 1.82) is 0 Å². The molecule has 2 heterocycles. The van der Waals surface area contributed by atoms with Crippen LogP contribution in [0.2, 0.25) is 0 Å². The molecule has 21 heavy (non-hydrogen) atoms. The van der Waals surface area contributed by atoms with Crippen molar-refractivity contribution < 1.29 is 0 Å². The van der Waals surface area contributed by atoms with Crippen molar-refractivity contribution in [1.82, 2.24) is 14.5 Å². The molecule has 1 aliphatic rings. The molecule has 1 saturated heterocycles. The molecule has 2 atom stereocenters. The Labute approximate surface area is 131 Å². The summed E-state index contributed by atoms with van der Waals surface area (Å²) in [4.78, 5) is 7.28. The molecule has 1 aromatic carbocycles. The number of fused-ring (bicyclic) bond motifs is 1. The fraction of sp³-hybridized carbons (Fsp3) is 0.588. The van der Waals surface area contributed by atoms with Crippen LogP contribution in [0.15, 0.2) is 18.2 Å². The maximum atomic E-state index is 6.01. The van der Waals surface area contributed by atoms with Crippen LogP contribution >= 0.6 is 11.6 Å². The summed E-state index contributed by atoms with van der Waals surface area (Å²) in [6.45, 7) is 6.84. The number of nitrogens with zero attached hydrogens (tertiary/aromatic N) is 3. The van der Waals surface area contributed by atoms with Crippen molar-refractivity contribution in [2.75, 3.05) is 26.0 Å². The third-order valence-corrected chi connectivity index (χ3v) is 4.89. The number of hydrogen-bond donors (Lipinski definition) is 0. The van der Waals surface area contributed by atoms with E-state index < -0.39 is 0 Å². The first-order valence-electron chi connectivity index (χ1n) is 7.82. The molecule has 2 unspecified atom stereocenters. The van der Waals surface area contributed by atoms with E-state index in [1.165, 1.54) is 17.5 Å². The Bertz CT molecular complexity index is 634. The molecule has 0 spiro atoms. The lowest BCUT2D eigenvalue weighted by molar-refractivity contribution is 0.159. The molecule has 0 aliphatic carbocycles. The number of benzene rings is 1. The molecule has 1 aromatic heterocycles. The molecule has 0 amide bonds. The molecule has 2 aromatic rings. The number of aryl methyl sites for hydroxylation is 2. The summed E-state index contributed by atoms with van der Waals surface area (Å²) < 4.78 is 2.49. The quantitative estimate of drug-likeness (QED) is 0.807. The number of alkyl halides is 1. The van der Waals surface area contributed by atoms with Crippen LogP contribution in [-0.4, -0.2) is 40.5 Å². The van der Waals surface area contributed by atoms with Gasteiger partial charge in [0, 0.05) is 24.9 Å². The monoisotopic (exact) mass is 305 g/mol. The largest absolute Gasteiger partial charge is 0.324 e. The van der Waals surface area contributed by atoms with Crippen LogP contribution in [0.3, 0.4) is 0 Å². The molecule has 1 aliphatic heterocycles. The van der Waals surface area contributed by atoms with Crippen LogP contribution in [0, 0.1) is 12.8 Å². The Morgan fingerprint density at radius 2 is 2.19 bits per heavy atom. The first-order chi connectivity index (χ1) is 10.1. The van der Waals surface area contributed by atoms with Gasteiger partial charge in [0.15, 0.2) is 0 Å². The van der Waals surface area contributed by atoms with E-state index in [1.54, 1.807) is 0 Å². The van der Waals surface area contributed by atoms with Crippen molar-refractivity contribution >= 4 is 22.6 Å². The third kappa shape index (κ3) is 2.69. The van der Waals surface area contributed by atoms with Gasteiger partial charge < -0.3 is 9.47 Å². The summed E-state index contributed by atoms with van der Waals surface area (Å²) in [7, 11) is 2.21. The zero-order valence-corrected chi connectivity index (χ0v) is 13.9. The minimum absolute atomic E-state index is 0.533. The van der Waals surface area contributed by atoms with Crippen molar-refractivity contribution in [2.24, 2.45) is 5.92 Å². The van der Waals surface area contributed by atoms with E-state index in [4.69, 9.17) is 16.6 Å². The van der Waals surface area contributed by atoms with Gasteiger partial charge in [-0.15, -0.1) is 11.6 Å². The minimum Gasteiger partial charge on any atom is -0.324 e. The van der Waals surface area contributed by atoms with E-state index in [9.17, 15) is 0 Å². The van der Waals surface area contributed by atoms with Gasteiger partial charge in [-0.25, -0.2) is 4.98 Å². The van der Waals surface area contributed by atoms with Gasteiger partial charge in [-0.2, -0.15) is 0 Å². The maximum absolute atomic E-state index is 6.01. The highest BCUT2D eigenvalue weighted by atomic mass is 35.5. The van der Waals surface area contributed by atoms with Crippen LogP contribution in [-0.2, 0) is 6.42 Å². The average Bonchev–Trinajstić information content (AvgIpc) is 2.79. The summed E-state index contributed by atoms with van der Waals surface area (Å²) in [5, 5.41) is 0. The van der Waals surface area contributed by atoms with E-state index in [0.29, 0.717) is 17.8 Å².